The molecule has 7 heteroatoms. The van der Waals surface area contributed by atoms with Crippen molar-refractivity contribution in [3.63, 3.8) is 0 Å². The van der Waals surface area contributed by atoms with E-state index in [4.69, 9.17) is 0 Å². The van der Waals surface area contributed by atoms with Crippen molar-refractivity contribution in [2.75, 3.05) is 12.8 Å². The van der Waals surface area contributed by atoms with Crippen LogP contribution in [0, 0.1) is 5.92 Å². The minimum Gasteiger partial charge on any atom is -0.349 e. The van der Waals surface area contributed by atoms with Crippen LogP contribution in [0.2, 0.25) is 0 Å². The molecule has 0 aliphatic carbocycles. The Bertz CT molecular complexity index is 457. The predicted molar refractivity (Wildman–Crippen MR) is 74.7 cm³/mol. The van der Waals surface area contributed by atoms with Gasteiger partial charge in [0.2, 0.25) is 11.8 Å². The van der Waals surface area contributed by atoms with Crippen molar-refractivity contribution in [3.8, 4) is 0 Å². The van der Waals surface area contributed by atoms with Gasteiger partial charge in [0.05, 0.1) is 25.0 Å². The molecule has 0 atom stereocenters. The summed E-state index contributed by atoms with van der Waals surface area (Å²) in [5, 5.41) is 6.22. The van der Waals surface area contributed by atoms with E-state index in [1.165, 1.54) is 0 Å². The zero-order valence-corrected chi connectivity index (χ0v) is 12.5. The fourth-order valence-electron chi connectivity index (χ4n) is 1.40. The molecule has 0 radical (unpaired) electrons. The highest BCUT2D eigenvalue weighted by molar-refractivity contribution is 7.98. The molecule has 0 fully saturated rings. The molecule has 0 saturated heterocycles. The molecule has 0 aliphatic heterocycles. The number of nitrogens with zero attached hydrogens (tertiary/aromatic N) is 2. The summed E-state index contributed by atoms with van der Waals surface area (Å²) in [4.78, 5) is 27.1. The quantitative estimate of drug-likeness (QED) is 0.747. The van der Waals surface area contributed by atoms with Crippen LogP contribution in [0.15, 0.2) is 11.4 Å². The van der Waals surface area contributed by atoms with Gasteiger partial charge in [0.25, 0.3) is 0 Å². The first-order valence-corrected chi connectivity index (χ1v) is 7.27. The lowest BCUT2D eigenvalue weighted by atomic mass is 10.2. The van der Waals surface area contributed by atoms with E-state index >= 15 is 0 Å². The number of thioether (sulfide) groups is 1. The second-order valence-corrected chi connectivity index (χ2v) is 5.22. The molecule has 1 heterocycles. The van der Waals surface area contributed by atoms with Gasteiger partial charge >= 0.3 is 0 Å². The topological polar surface area (TPSA) is 76.0 Å². The van der Waals surface area contributed by atoms with Crippen molar-refractivity contribution in [1.29, 1.82) is 0 Å². The third-order valence-electron chi connectivity index (χ3n) is 2.64. The Morgan fingerprint density at radius 2 is 2.11 bits per heavy atom. The lowest BCUT2D eigenvalue weighted by Gasteiger charge is -2.09. The molecular formula is C12H20N4O2S. The monoisotopic (exact) mass is 284 g/mol. The van der Waals surface area contributed by atoms with Gasteiger partial charge in [-0.3, -0.25) is 9.59 Å². The summed E-state index contributed by atoms with van der Waals surface area (Å²) < 4.78 is 1.93. The molecule has 0 unspecified atom stereocenters. The van der Waals surface area contributed by atoms with Crippen LogP contribution in [-0.4, -0.2) is 34.2 Å². The molecule has 0 aliphatic rings. The number of carbonyl (C=O) groups excluding carboxylic acids is 2. The zero-order chi connectivity index (χ0) is 14.4. The summed E-state index contributed by atoms with van der Waals surface area (Å²) in [5.74, 6) is -0.449. The lowest BCUT2D eigenvalue weighted by molar-refractivity contribution is -0.127. The van der Waals surface area contributed by atoms with Crippen molar-refractivity contribution >= 4 is 23.6 Å². The van der Waals surface area contributed by atoms with Crippen molar-refractivity contribution in [2.45, 2.75) is 25.5 Å². The first-order chi connectivity index (χ1) is 8.95. The van der Waals surface area contributed by atoms with Crippen molar-refractivity contribution in [1.82, 2.24) is 20.2 Å². The van der Waals surface area contributed by atoms with Gasteiger partial charge < -0.3 is 15.2 Å². The fourth-order valence-corrected chi connectivity index (χ4v) is 1.95. The number of imidazole rings is 1. The SMILES string of the molecule is CSc1ncc(CNC(=O)CNC(=O)C(C)C)n1C. The van der Waals surface area contributed by atoms with E-state index < -0.39 is 0 Å². The van der Waals surface area contributed by atoms with Gasteiger partial charge in [-0.2, -0.15) is 0 Å². The van der Waals surface area contributed by atoms with Crippen LogP contribution in [-0.2, 0) is 23.2 Å². The van der Waals surface area contributed by atoms with E-state index in [2.05, 4.69) is 15.6 Å². The Kier molecular flexibility index (Phi) is 5.88. The van der Waals surface area contributed by atoms with E-state index in [-0.39, 0.29) is 24.3 Å². The number of aromatic nitrogens is 2. The number of hydrogen-bond acceptors (Lipinski definition) is 4. The van der Waals surface area contributed by atoms with Crippen LogP contribution in [0.3, 0.4) is 0 Å². The molecule has 0 spiro atoms. The van der Waals surface area contributed by atoms with E-state index in [1.807, 2.05) is 17.9 Å². The fraction of sp³-hybridized carbons (Fsp3) is 0.583. The molecule has 2 N–H and O–H groups in total. The second-order valence-electron chi connectivity index (χ2n) is 4.44. The van der Waals surface area contributed by atoms with Crippen molar-refractivity contribution in [3.05, 3.63) is 11.9 Å². The van der Waals surface area contributed by atoms with Crippen LogP contribution < -0.4 is 10.6 Å². The van der Waals surface area contributed by atoms with Crippen molar-refractivity contribution < 1.29 is 9.59 Å². The molecular weight excluding hydrogens is 264 g/mol. The molecule has 2 amide bonds. The zero-order valence-electron chi connectivity index (χ0n) is 11.7. The van der Waals surface area contributed by atoms with Gasteiger partial charge in [-0.05, 0) is 6.26 Å². The van der Waals surface area contributed by atoms with Gasteiger partial charge in [0.15, 0.2) is 5.16 Å². The molecule has 0 bridgehead atoms. The van der Waals surface area contributed by atoms with E-state index in [9.17, 15) is 9.59 Å². The van der Waals surface area contributed by atoms with Gasteiger partial charge in [-0.25, -0.2) is 4.98 Å². The Morgan fingerprint density at radius 3 is 2.63 bits per heavy atom. The van der Waals surface area contributed by atoms with Crippen LogP contribution in [0.1, 0.15) is 19.5 Å². The summed E-state index contributed by atoms with van der Waals surface area (Å²) in [7, 11) is 1.90. The average molecular weight is 284 g/mol. The molecule has 106 valence electrons. The highest BCUT2D eigenvalue weighted by Gasteiger charge is 2.10. The maximum Gasteiger partial charge on any atom is 0.239 e. The molecule has 1 aromatic rings. The number of hydrogen-bond donors (Lipinski definition) is 2. The van der Waals surface area contributed by atoms with Crippen molar-refractivity contribution in [2.24, 2.45) is 13.0 Å². The standard InChI is InChI=1S/C12H20N4O2S/c1-8(2)11(18)14-7-10(17)13-5-9-6-15-12(19-4)16(9)3/h6,8H,5,7H2,1-4H3,(H,13,17)(H,14,18). The normalized spacial score (nSPS) is 10.6. The highest BCUT2D eigenvalue weighted by Crippen LogP contribution is 2.13. The van der Waals surface area contributed by atoms with Crippen LogP contribution in [0.25, 0.3) is 0 Å². The summed E-state index contributed by atoms with van der Waals surface area (Å²) in [6, 6.07) is 0. The summed E-state index contributed by atoms with van der Waals surface area (Å²) in [6.45, 7) is 3.98. The van der Waals surface area contributed by atoms with Gasteiger partial charge in [0, 0.05) is 13.0 Å². The van der Waals surface area contributed by atoms with Gasteiger partial charge in [0.1, 0.15) is 0 Å². The average Bonchev–Trinajstić information content (AvgIpc) is 2.73. The Labute approximate surface area is 117 Å². The van der Waals surface area contributed by atoms with E-state index in [0.29, 0.717) is 6.54 Å². The third-order valence-corrected chi connectivity index (χ3v) is 3.38. The van der Waals surface area contributed by atoms with Gasteiger partial charge in [-0.15, -0.1) is 0 Å². The second kappa shape index (κ2) is 7.18. The molecule has 0 aromatic carbocycles. The minimum absolute atomic E-state index is 0.00422. The number of nitrogens with one attached hydrogen (secondary N) is 2. The number of rotatable bonds is 6. The molecule has 19 heavy (non-hydrogen) atoms. The third kappa shape index (κ3) is 4.59. The van der Waals surface area contributed by atoms with E-state index in [1.54, 1.807) is 31.8 Å². The molecule has 1 aromatic heterocycles. The first kappa shape index (κ1) is 15.6. The Morgan fingerprint density at radius 1 is 1.42 bits per heavy atom. The summed E-state index contributed by atoms with van der Waals surface area (Å²) >= 11 is 1.55. The van der Waals surface area contributed by atoms with E-state index in [0.717, 1.165) is 10.9 Å². The minimum atomic E-state index is -0.207. The smallest absolute Gasteiger partial charge is 0.239 e. The molecule has 1 rings (SSSR count). The summed E-state index contributed by atoms with van der Waals surface area (Å²) in [5.41, 5.74) is 0.924. The Balaban J connectivity index is 2.38. The lowest BCUT2D eigenvalue weighted by Crippen LogP contribution is -2.38. The first-order valence-electron chi connectivity index (χ1n) is 6.04. The van der Waals surface area contributed by atoms with Crippen LogP contribution >= 0.6 is 11.8 Å². The van der Waals surface area contributed by atoms with Crippen LogP contribution in [0.5, 0.6) is 0 Å². The molecule has 0 saturated carbocycles. The highest BCUT2D eigenvalue weighted by atomic mass is 32.2. The Hall–Kier alpha value is -1.50. The molecule has 6 nitrogen and oxygen atoms in total. The number of amides is 2. The van der Waals surface area contributed by atoms with Crippen LogP contribution in [0.4, 0.5) is 0 Å². The maximum absolute atomic E-state index is 11.6. The largest absolute Gasteiger partial charge is 0.349 e. The maximum atomic E-state index is 11.6. The summed E-state index contributed by atoms with van der Waals surface area (Å²) in [6.07, 6.45) is 3.69. The number of carbonyl (C=O) groups is 2. The van der Waals surface area contributed by atoms with Gasteiger partial charge in [-0.1, -0.05) is 25.6 Å². The predicted octanol–water partition coefficient (Wildman–Crippen LogP) is 0.530.